The molecule has 0 unspecified atom stereocenters. The van der Waals surface area contributed by atoms with Crippen molar-refractivity contribution in [3.8, 4) is 11.3 Å². The zero-order chi connectivity index (χ0) is 26.2. The van der Waals surface area contributed by atoms with Gasteiger partial charge in [-0.2, -0.15) is 0 Å². The van der Waals surface area contributed by atoms with E-state index in [2.05, 4.69) is 15.3 Å². The number of nitrogens with one attached hydrogen (secondary N) is 1. The van der Waals surface area contributed by atoms with E-state index in [0.717, 1.165) is 22.2 Å². The van der Waals surface area contributed by atoms with Crippen molar-refractivity contribution in [1.29, 1.82) is 0 Å². The molecule has 0 radical (unpaired) electrons. The minimum atomic E-state index is -0.617. The van der Waals surface area contributed by atoms with E-state index in [1.54, 1.807) is 25.6 Å². The zero-order valence-corrected chi connectivity index (χ0v) is 21.8. The van der Waals surface area contributed by atoms with Crippen LogP contribution in [0.2, 0.25) is 0 Å². The Morgan fingerprint density at radius 1 is 1.14 bits per heavy atom. The number of nitrogens with zero attached hydrogens (tertiary/aromatic N) is 5. The number of ether oxygens (including phenoxy) is 1. The Hall–Kier alpha value is -4.01. The topological polar surface area (TPSA) is 104 Å². The molecule has 1 N–H and O–H groups in total. The van der Waals surface area contributed by atoms with Crippen molar-refractivity contribution in [3.63, 3.8) is 0 Å². The summed E-state index contributed by atoms with van der Waals surface area (Å²) in [5, 5.41) is 4.04. The maximum atomic E-state index is 13.0. The van der Waals surface area contributed by atoms with Crippen LogP contribution in [-0.2, 0) is 18.2 Å². The lowest BCUT2D eigenvalue weighted by molar-refractivity contribution is 0.0543. The summed E-state index contributed by atoms with van der Waals surface area (Å²) in [5.74, 6) is 0.516. The second-order valence-electron chi connectivity index (χ2n) is 10.2. The molecule has 0 saturated heterocycles. The Labute approximate surface area is 210 Å². The zero-order valence-electron chi connectivity index (χ0n) is 21.8. The fourth-order valence-corrected chi connectivity index (χ4v) is 3.96. The van der Waals surface area contributed by atoms with Crippen LogP contribution in [0.15, 0.2) is 47.7 Å². The summed E-state index contributed by atoms with van der Waals surface area (Å²) in [6.45, 7) is 11.4. The lowest BCUT2D eigenvalue weighted by atomic mass is 10.0. The highest BCUT2D eigenvalue weighted by atomic mass is 16.6. The third kappa shape index (κ3) is 5.15. The SMILES string of the molecule is Cc1nc(-c2cnc(NC(C)C)n(C)c2=O)ccc1Cc1cn(C(=O)OC(C)(C)C)c2ncccc12. The molecule has 4 aromatic heterocycles. The van der Waals surface area contributed by atoms with Gasteiger partial charge in [0.2, 0.25) is 5.95 Å². The van der Waals surface area contributed by atoms with E-state index < -0.39 is 11.7 Å². The van der Waals surface area contributed by atoms with E-state index in [1.807, 2.05) is 65.8 Å². The van der Waals surface area contributed by atoms with E-state index in [-0.39, 0.29) is 11.6 Å². The van der Waals surface area contributed by atoms with Crippen molar-refractivity contribution in [1.82, 2.24) is 24.1 Å². The minimum absolute atomic E-state index is 0.157. The Kier molecular flexibility index (Phi) is 6.67. The lowest BCUT2D eigenvalue weighted by Crippen LogP contribution is -2.26. The monoisotopic (exact) mass is 488 g/mol. The van der Waals surface area contributed by atoms with Crippen molar-refractivity contribution in [2.45, 2.75) is 59.6 Å². The molecule has 36 heavy (non-hydrogen) atoms. The van der Waals surface area contributed by atoms with E-state index >= 15 is 0 Å². The van der Waals surface area contributed by atoms with Crippen LogP contribution >= 0.6 is 0 Å². The van der Waals surface area contributed by atoms with Crippen molar-refractivity contribution >= 4 is 23.1 Å². The molecule has 0 aromatic carbocycles. The smallest absolute Gasteiger partial charge is 0.420 e. The molecule has 0 aliphatic carbocycles. The van der Waals surface area contributed by atoms with Gasteiger partial charge >= 0.3 is 6.09 Å². The molecule has 0 saturated carbocycles. The first kappa shape index (κ1) is 25.1. The third-order valence-electron chi connectivity index (χ3n) is 5.67. The van der Waals surface area contributed by atoms with Gasteiger partial charge in [-0.15, -0.1) is 0 Å². The van der Waals surface area contributed by atoms with Crippen LogP contribution in [0.25, 0.3) is 22.3 Å². The molecular formula is C27H32N6O3. The first-order valence-electron chi connectivity index (χ1n) is 11.9. The van der Waals surface area contributed by atoms with Crippen LogP contribution in [0.4, 0.5) is 10.7 Å². The van der Waals surface area contributed by atoms with E-state index in [9.17, 15) is 9.59 Å². The summed E-state index contributed by atoms with van der Waals surface area (Å²) in [5.41, 5.74) is 3.48. The number of carbonyl (C=O) groups is 1. The summed E-state index contributed by atoms with van der Waals surface area (Å²) >= 11 is 0. The fraction of sp³-hybridized carbons (Fsp3) is 0.370. The van der Waals surface area contributed by atoms with Crippen LogP contribution in [0.3, 0.4) is 0 Å². The molecule has 0 fully saturated rings. The molecule has 9 heteroatoms. The maximum Gasteiger partial charge on any atom is 0.420 e. The molecule has 0 bridgehead atoms. The average molecular weight is 489 g/mol. The highest BCUT2D eigenvalue weighted by molar-refractivity contribution is 5.89. The normalized spacial score (nSPS) is 11.8. The third-order valence-corrected chi connectivity index (χ3v) is 5.67. The first-order valence-corrected chi connectivity index (χ1v) is 11.9. The van der Waals surface area contributed by atoms with Gasteiger partial charge < -0.3 is 10.1 Å². The predicted octanol–water partition coefficient (Wildman–Crippen LogP) is 4.69. The molecule has 4 aromatic rings. The highest BCUT2D eigenvalue weighted by Gasteiger charge is 2.22. The molecule has 0 amide bonds. The second-order valence-corrected chi connectivity index (χ2v) is 10.2. The van der Waals surface area contributed by atoms with E-state index in [1.165, 1.54) is 9.13 Å². The van der Waals surface area contributed by atoms with Gasteiger partial charge in [0.05, 0.1) is 11.3 Å². The number of aromatic nitrogens is 5. The van der Waals surface area contributed by atoms with Crippen molar-refractivity contribution in [3.05, 3.63) is 70.0 Å². The van der Waals surface area contributed by atoms with Gasteiger partial charge in [0.25, 0.3) is 5.56 Å². The number of fused-ring (bicyclic) bond motifs is 1. The second kappa shape index (κ2) is 9.56. The summed E-state index contributed by atoms with van der Waals surface area (Å²) in [4.78, 5) is 39.3. The van der Waals surface area contributed by atoms with Gasteiger partial charge in [-0.3, -0.25) is 14.3 Å². The first-order chi connectivity index (χ1) is 16.9. The number of pyridine rings is 2. The van der Waals surface area contributed by atoms with Crippen LogP contribution in [-0.4, -0.2) is 41.8 Å². The number of aryl methyl sites for hydroxylation is 1. The molecule has 9 nitrogen and oxygen atoms in total. The van der Waals surface area contributed by atoms with Gasteiger partial charge in [0.15, 0.2) is 0 Å². The van der Waals surface area contributed by atoms with Crippen molar-refractivity contribution in [2.24, 2.45) is 7.05 Å². The molecule has 0 spiro atoms. The summed E-state index contributed by atoms with van der Waals surface area (Å²) in [6, 6.07) is 7.74. The minimum Gasteiger partial charge on any atom is -0.443 e. The van der Waals surface area contributed by atoms with E-state index in [0.29, 0.717) is 29.3 Å². The van der Waals surface area contributed by atoms with E-state index in [4.69, 9.17) is 9.72 Å². The van der Waals surface area contributed by atoms with Crippen LogP contribution in [0.5, 0.6) is 0 Å². The summed E-state index contributed by atoms with van der Waals surface area (Å²) in [6.07, 6.45) is 5.07. The fourth-order valence-electron chi connectivity index (χ4n) is 3.96. The molecule has 0 atom stereocenters. The summed E-state index contributed by atoms with van der Waals surface area (Å²) < 4.78 is 8.52. The highest BCUT2D eigenvalue weighted by Crippen LogP contribution is 2.25. The summed E-state index contributed by atoms with van der Waals surface area (Å²) in [7, 11) is 1.69. The van der Waals surface area contributed by atoms with Gasteiger partial charge in [-0.05, 0) is 70.9 Å². The van der Waals surface area contributed by atoms with Crippen LogP contribution in [0, 0.1) is 6.92 Å². The Bertz CT molecular complexity index is 1490. The van der Waals surface area contributed by atoms with Gasteiger partial charge in [0.1, 0.15) is 11.2 Å². The van der Waals surface area contributed by atoms with Crippen molar-refractivity contribution < 1.29 is 9.53 Å². The molecule has 4 rings (SSSR count). The lowest BCUT2D eigenvalue weighted by Gasteiger charge is -2.19. The Morgan fingerprint density at radius 3 is 2.56 bits per heavy atom. The predicted molar refractivity (Wildman–Crippen MR) is 140 cm³/mol. The van der Waals surface area contributed by atoms with Gasteiger partial charge in [0, 0.05) is 49.2 Å². The molecular weight excluding hydrogens is 456 g/mol. The number of rotatable bonds is 5. The number of hydrogen-bond donors (Lipinski definition) is 1. The number of carbonyl (C=O) groups excluding carboxylic acids is 1. The maximum absolute atomic E-state index is 13.0. The van der Waals surface area contributed by atoms with Gasteiger partial charge in [-0.1, -0.05) is 6.07 Å². The Morgan fingerprint density at radius 2 is 1.89 bits per heavy atom. The van der Waals surface area contributed by atoms with Crippen LogP contribution < -0.4 is 10.9 Å². The quantitative estimate of drug-likeness (QED) is 0.434. The molecule has 0 aliphatic rings. The Balaban J connectivity index is 1.67. The number of hydrogen-bond acceptors (Lipinski definition) is 7. The molecule has 4 heterocycles. The number of anilines is 1. The standard InChI is InChI=1S/C27H32N6O3/c1-16(2)30-25-29-14-21(24(34)32(25)7)22-11-10-18(17(3)31-22)13-19-15-33(26(35)36-27(4,5)6)23-20(19)9-8-12-28-23/h8-12,14-16H,13H2,1-7H3,(H,29,30). The average Bonchev–Trinajstić information content (AvgIpc) is 3.16. The van der Waals surface area contributed by atoms with Crippen LogP contribution in [0.1, 0.15) is 51.4 Å². The van der Waals surface area contributed by atoms with Crippen molar-refractivity contribution in [2.75, 3.05) is 5.32 Å². The molecule has 188 valence electrons. The molecule has 0 aliphatic heterocycles. The largest absolute Gasteiger partial charge is 0.443 e. The van der Waals surface area contributed by atoms with Gasteiger partial charge in [-0.25, -0.2) is 19.3 Å².